The maximum absolute atomic E-state index is 12.7. The number of urea groups is 1. The number of nitrogens with one attached hydrogen (secondary N) is 1. The third-order valence-corrected chi connectivity index (χ3v) is 4.55. The summed E-state index contributed by atoms with van der Waals surface area (Å²) in [7, 11) is 0. The average molecular weight is 339 g/mol. The molecule has 0 radical (unpaired) electrons. The fourth-order valence-electron chi connectivity index (χ4n) is 3.45. The van der Waals surface area contributed by atoms with Crippen LogP contribution in [0.15, 0.2) is 24.4 Å². The van der Waals surface area contributed by atoms with Gasteiger partial charge in [-0.2, -0.15) is 10.2 Å². The van der Waals surface area contributed by atoms with Crippen LogP contribution in [0.25, 0.3) is 5.65 Å². The minimum Gasteiger partial charge on any atom is -0.322 e. The van der Waals surface area contributed by atoms with Crippen LogP contribution in [0.1, 0.15) is 29.7 Å². The van der Waals surface area contributed by atoms with Gasteiger partial charge in [-0.05, 0) is 45.4 Å². The summed E-state index contributed by atoms with van der Waals surface area (Å²) in [5, 5.41) is 11.8. The summed E-state index contributed by atoms with van der Waals surface area (Å²) in [6, 6.07) is 5.87. The Morgan fingerprint density at radius 2 is 2.12 bits per heavy atom. The second kappa shape index (κ2) is 5.87. The fourth-order valence-corrected chi connectivity index (χ4v) is 3.45. The second-order valence-corrected chi connectivity index (χ2v) is 6.54. The van der Waals surface area contributed by atoms with E-state index in [2.05, 4.69) is 33.5 Å². The number of carbonyl (C=O) groups excluding carboxylic acids is 1. The molecule has 2 amide bonds. The van der Waals surface area contributed by atoms with Gasteiger partial charge in [-0.25, -0.2) is 14.3 Å². The summed E-state index contributed by atoms with van der Waals surface area (Å²) in [6.07, 6.45) is 2.73. The molecule has 0 unspecified atom stereocenters. The van der Waals surface area contributed by atoms with Gasteiger partial charge in [0.15, 0.2) is 5.65 Å². The molecule has 0 spiro atoms. The molecule has 8 nitrogen and oxygen atoms in total. The Morgan fingerprint density at radius 1 is 1.28 bits per heavy atom. The monoisotopic (exact) mass is 339 g/mol. The van der Waals surface area contributed by atoms with Gasteiger partial charge in [0.25, 0.3) is 0 Å². The van der Waals surface area contributed by atoms with Crippen LogP contribution >= 0.6 is 0 Å². The molecule has 3 aromatic rings. The number of hydrogen-bond donors (Lipinski definition) is 1. The first-order chi connectivity index (χ1) is 12.0. The summed E-state index contributed by atoms with van der Waals surface area (Å²) in [5.74, 6) is 0.674. The van der Waals surface area contributed by atoms with Crippen LogP contribution in [-0.4, -0.2) is 48.4 Å². The third-order valence-electron chi connectivity index (χ3n) is 4.55. The normalized spacial score (nSPS) is 17.4. The van der Waals surface area contributed by atoms with E-state index in [0.29, 0.717) is 30.2 Å². The summed E-state index contributed by atoms with van der Waals surface area (Å²) in [6.45, 7) is 7.24. The zero-order valence-corrected chi connectivity index (χ0v) is 14.6. The first-order valence-electron chi connectivity index (χ1n) is 8.42. The standard InChI is InChI=1S/C17H21N7O/c1-11-9-12(2)24(20-11)14-6-8-22(10-14)17(25)19-15-5-4-7-23-16(15)18-13(3)21-23/h4-5,7,9,14H,6,8,10H2,1-3H3,(H,19,25)/t14-/m1/s1. The summed E-state index contributed by atoms with van der Waals surface area (Å²) in [4.78, 5) is 18.9. The lowest BCUT2D eigenvalue weighted by Crippen LogP contribution is -2.33. The molecule has 130 valence electrons. The molecule has 1 saturated heterocycles. The minimum absolute atomic E-state index is 0.113. The predicted molar refractivity (Wildman–Crippen MR) is 93.7 cm³/mol. The van der Waals surface area contributed by atoms with Gasteiger partial charge in [0.05, 0.1) is 17.4 Å². The molecule has 4 heterocycles. The molecule has 8 heteroatoms. The number of nitrogens with zero attached hydrogens (tertiary/aromatic N) is 6. The van der Waals surface area contributed by atoms with Crippen LogP contribution in [0.4, 0.5) is 10.5 Å². The van der Waals surface area contributed by atoms with Gasteiger partial charge in [0, 0.05) is 25.0 Å². The Bertz CT molecular complexity index is 942. The number of hydrogen-bond acceptors (Lipinski definition) is 4. The molecule has 1 aliphatic rings. The summed E-state index contributed by atoms with van der Waals surface area (Å²) < 4.78 is 3.71. The van der Waals surface area contributed by atoms with E-state index in [1.807, 2.05) is 41.8 Å². The van der Waals surface area contributed by atoms with Crippen molar-refractivity contribution >= 4 is 17.4 Å². The van der Waals surface area contributed by atoms with Crippen molar-refractivity contribution in [1.82, 2.24) is 29.3 Å². The zero-order chi connectivity index (χ0) is 17.6. The number of aryl methyl sites for hydroxylation is 3. The maximum Gasteiger partial charge on any atom is 0.322 e. The van der Waals surface area contributed by atoms with E-state index in [4.69, 9.17) is 0 Å². The smallest absolute Gasteiger partial charge is 0.322 e. The number of carbonyl (C=O) groups is 1. The summed E-state index contributed by atoms with van der Waals surface area (Å²) >= 11 is 0. The van der Waals surface area contributed by atoms with Crippen LogP contribution in [0, 0.1) is 20.8 Å². The van der Waals surface area contributed by atoms with E-state index in [1.54, 1.807) is 4.52 Å². The Balaban J connectivity index is 1.49. The molecule has 3 aromatic heterocycles. The largest absolute Gasteiger partial charge is 0.322 e. The molecule has 1 aliphatic heterocycles. The first kappa shape index (κ1) is 15.6. The molecule has 1 fully saturated rings. The van der Waals surface area contributed by atoms with Crippen LogP contribution in [0.3, 0.4) is 0 Å². The lowest BCUT2D eigenvalue weighted by Gasteiger charge is -2.18. The molecule has 4 rings (SSSR count). The van der Waals surface area contributed by atoms with Gasteiger partial charge in [-0.1, -0.05) is 0 Å². The Morgan fingerprint density at radius 3 is 2.88 bits per heavy atom. The SMILES string of the molecule is Cc1cc(C)n([C@@H]2CCN(C(=O)Nc3cccn4nc(C)nc34)C2)n1. The van der Waals surface area contributed by atoms with Crippen LogP contribution in [0.2, 0.25) is 0 Å². The average Bonchev–Trinajstić information content (AvgIpc) is 3.25. The minimum atomic E-state index is -0.113. The van der Waals surface area contributed by atoms with E-state index >= 15 is 0 Å². The highest BCUT2D eigenvalue weighted by Crippen LogP contribution is 2.24. The van der Waals surface area contributed by atoms with Crippen molar-refractivity contribution in [1.29, 1.82) is 0 Å². The van der Waals surface area contributed by atoms with Crippen molar-refractivity contribution in [2.45, 2.75) is 33.2 Å². The van der Waals surface area contributed by atoms with E-state index in [0.717, 1.165) is 17.8 Å². The lowest BCUT2D eigenvalue weighted by atomic mass is 10.2. The van der Waals surface area contributed by atoms with Crippen LogP contribution < -0.4 is 5.32 Å². The number of anilines is 1. The Labute approximate surface area is 145 Å². The second-order valence-electron chi connectivity index (χ2n) is 6.54. The third kappa shape index (κ3) is 2.84. The van der Waals surface area contributed by atoms with Crippen LogP contribution in [0.5, 0.6) is 0 Å². The van der Waals surface area contributed by atoms with Crippen molar-refractivity contribution in [2.75, 3.05) is 18.4 Å². The van der Waals surface area contributed by atoms with Crippen molar-refractivity contribution < 1.29 is 4.79 Å². The summed E-state index contributed by atoms with van der Waals surface area (Å²) in [5.41, 5.74) is 3.47. The molecule has 0 aromatic carbocycles. The van der Waals surface area contributed by atoms with Gasteiger partial charge >= 0.3 is 6.03 Å². The Hall–Kier alpha value is -2.90. The van der Waals surface area contributed by atoms with Gasteiger partial charge in [0.2, 0.25) is 0 Å². The zero-order valence-electron chi connectivity index (χ0n) is 14.6. The van der Waals surface area contributed by atoms with Crippen molar-refractivity contribution in [3.8, 4) is 0 Å². The highest BCUT2D eigenvalue weighted by Gasteiger charge is 2.29. The molecule has 0 aliphatic carbocycles. The van der Waals surface area contributed by atoms with E-state index < -0.39 is 0 Å². The highest BCUT2D eigenvalue weighted by molar-refractivity contribution is 5.93. The van der Waals surface area contributed by atoms with Gasteiger partial charge in [-0.15, -0.1) is 0 Å². The molecular weight excluding hydrogens is 318 g/mol. The molecule has 1 N–H and O–H groups in total. The van der Waals surface area contributed by atoms with Crippen molar-refractivity contribution in [3.05, 3.63) is 41.6 Å². The Kier molecular flexibility index (Phi) is 3.67. The predicted octanol–water partition coefficient (Wildman–Crippen LogP) is 2.33. The van der Waals surface area contributed by atoms with Crippen molar-refractivity contribution in [2.24, 2.45) is 0 Å². The van der Waals surface area contributed by atoms with Crippen molar-refractivity contribution in [3.63, 3.8) is 0 Å². The van der Waals surface area contributed by atoms with Gasteiger partial charge in [0.1, 0.15) is 5.82 Å². The number of pyridine rings is 1. The molecule has 0 saturated carbocycles. The number of rotatable bonds is 2. The lowest BCUT2D eigenvalue weighted by molar-refractivity contribution is 0.220. The molecule has 25 heavy (non-hydrogen) atoms. The number of amides is 2. The number of aromatic nitrogens is 5. The van der Waals surface area contributed by atoms with Gasteiger partial charge in [-0.3, -0.25) is 4.68 Å². The molecule has 0 bridgehead atoms. The maximum atomic E-state index is 12.7. The quantitative estimate of drug-likeness (QED) is 0.777. The molecular formula is C17H21N7O. The first-order valence-corrected chi connectivity index (χ1v) is 8.42. The van der Waals surface area contributed by atoms with Crippen LogP contribution in [-0.2, 0) is 0 Å². The van der Waals surface area contributed by atoms with E-state index in [9.17, 15) is 4.79 Å². The van der Waals surface area contributed by atoms with E-state index in [-0.39, 0.29) is 12.1 Å². The fraction of sp³-hybridized carbons (Fsp3) is 0.412. The van der Waals surface area contributed by atoms with E-state index in [1.165, 1.54) is 0 Å². The number of likely N-dealkylation sites (tertiary alicyclic amines) is 1. The molecule has 1 atom stereocenters. The highest BCUT2D eigenvalue weighted by atomic mass is 16.2. The topological polar surface area (TPSA) is 80.4 Å². The number of fused-ring (bicyclic) bond motifs is 1. The van der Waals surface area contributed by atoms with Gasteiger partial charge < -0.3 is 10.2 Å².